The summed E-state index contributed by atoms with van der Waals surface area (Å²) < 4.78 is 0. The molecule has 2 aromatic rings. The predicted octanol–water partition coefficient (Wildman–Crippen LogP) is 1.97. The van der Waals surface area contributed by atoms with E-state index in [0.29, 0.717) is 6.04 Å². The quantitative estimate of drug-likeness (QED) is 0.852. The standard InChI is InChI=1S/C16H20N4/c1-19-10-14-6-4-3-5-13(14)9-15(19)11-20(2)16-7-8-17-12-18-16/h3-8,12,15H,9-11H2,1-2H3/t15-/m0/s1. The molecule has 104 valence electrons. The second-order valence-electron chi connectivity index (χ2n) is 5.49. The zero-order chi connectivity index (χ0) is 13.9. The number of anilines is 1. The van der Waals surface area contributed by atoms with Gasteiger partial charge in [0.05, 0.1) is 0 Å². The van der Waals surface area contributed by atoms with Crippen LogP contribution in [0, 0.1) is 0 Å². The highest BCUT2D eigenvalue weighted by Gasteiger charge is 2.24. The van der Waals surface area contributed by atoms with Crippen LogP contribution in [0.2, 0.25) is 0 Å². The molecule has 4 heteroatoms. The summed E-state index contributed by atoms with van der Waals surface area (Å²) in [4.78, 5) is 12.9. The van der Waals surface area contributed by atoms with Gasteiger partial charge in [0.1, 0.15) is 12.1 Å². The lowest BCUT2D eigenvalue weighted by molar-refractivity contribution is 0.219. The van der Waals surface area contributed by atoms with E-state index < -0.39 is 0 Å². The van der Waals surface area contributed by atoms with Crippen LogP contribution in [0.3, 0.4) is 0 Å². The number of hydrogen-bond acceptors (Lipinski definition) is 4. The first-order valence-corrected chi connectivity index (χ1v) is 6.98. The van der Waals surface area contributed by atoms with E-state index in [1.54, 1.807) is 12.5 Å². The Kier molecular flexibility index (Phi) is 3.65. The second kappa shape index (κ2) is 5.59. The summed E-state index contributed by atoms with van der Waals surface area (Å²) in [6.07, 6.45) is 4.49. The Morgan fingerprint density at radius 1 is 1.25 bits per heavy atom. The molecule has 0 amide bonds. The molecule has 1 aromatic carbocycles. The number of fused-ring (bicyclic) bond motifs is 1. The predicted molar refractivity (Wildman–Crippen MR) is 80.7 cm³/mol. The molecule has 0 fully saturated rings. The van der Waals surface area contributed by atoms with Gasteiger partial charge in [0.15, 0.2) is 0 Å². The lowest BCUT2D eigenvalue weighted by Gasteiger charge is -2.36. The Morgan fingerprint density at radius 2 is 2.05 bits per heavy atom. The van der Waals surface area contributed by atoms with Crippen LogP contribution in [0.15, 0.2) is 42.9 Å². The topological polar surface area (TPSA) is 32.3 Å². The summed E-state index contributed by atoms with van der Waals surface area (Å²) in [6, 6.07) is 11.2. The molecule has 20 heavy (non-hydrogen) atoms. The molecule has 0 unspecified atom stereocenters. The smallest absolute Gasteiger partial charge is 0.131 e. The van der Waals surface area contributed by atoms with E-state index in [4.69, 9.17) is 0 Å². The van der Waals surface area contributed by atoms with Crippen molar-refractivity contribution in [2.45, 2.75) is 19.0 Å². The van der Waals surface area contributed by atoms with Crippen molar-refractivity contribution < 1.29 is 0 Å². The number of benzene rings is 1. The third-order valence-corrected chi connectivity index (χ3v) is 4.06. The number of likely N-dealkylation sites (N-methyl/N-ethyl adjacent to an activating group) is 2. The van der Waals surface area contributed by atoms with Crippen LogP contribution < -0.4 is 4.90 Å². The van der Waals surface area contributed by atoms with E-state index in [2.05, 4.69) is 58.1 Å². The zero-order valence-corrected chi connectivity index (χ0v) is 12.0. The summed E-state index contributed by atoms with van der Waals surface area (Å²) >= 11 is 0. The largest absolute Gasteiger partial charge is 0.358 e. The minimum absolute atomic E-state index is 0.518. The molecule has 0 radical (unpaired) electrons. The highest BCUT2D eigenvalue weighted by atomic mass is 15.2. The van der Waals surface area contributed by atoms with Gasteiger partial charge in [-0.15, -0.1) is 0 Å². The minimum Gasteiger partial charge on any atom is -0.358 e. The molecular formula is C16H20N4. The summed E-state index contributed by atoms with van der Waals surface area (Å²) in [7, 11) is 4.30. The molecule has 4 nitrogen and oxygen atoms in total. The first-order chi connectivity index (χ1) is 9.74. The summed E-state index contributed by atoms with van der Waals surface area (Å²) in [5, 5.41) is 0. The zero-order valence-electron chi connectivity index (χ0n) is 12.0. The fourth-order valence-electron chi connectivity index (χ4n) is 2.84. The van der Waals surface area contributed by atoms with Gasteiger partial charge in [-0.25, -0.2) is 9.97 Å². The number of hydrogen-bond donors (Lipinski definition) is 0. The van der Waals surface area contributed by atoms with Crippen LogP contribution in [0.25, 0.3) is 0 Å². The van der Waals surface area contributed by atoms with Gasteiger partial charge < -0.3 is 4.90 Å². The van der Waals surface area contributed by atoms with Gasteiger partial charge in [0.25, 0.3) is 0 Å². The normalized spacial score (nSPS) is 18.6. The van der Waals surface area contributed by atoms with Crippen molar-refractivity contribution in [1.82, 2.24) is 14.9 Å². The van der Waals surface area contributed by atoms with Gasteiger partial charge in [0, 0.05) is 32.4 Å². The molecule has 1 aliphatic rings. The average Bonchev–Trinajstić information content (AvgIpc) is 2.49. The van der Waals surface area contributed by atoms with Gasteiger partial charge in [-0.2, -0.15) is 0 Å². The third kappa shape index (κ3) is 2.65. The number of rotatable bonds is 3. The van der Waals surface area contributed by atoms with Crippen molar-refractivity contribution >= 4 is 5.82 Å². The van der Waals surface area contributed by atoms with Crippen LogP contribution in [-0.2, 0) is 13.0 Å². The summed E-state index contributed by atoms with van der Waals surface area (Å²) in [5.41, 5.74) is 2.93. The molecule has 0 spiro atoms. The molecule has 1 aliphatic heterocycles. The Labute approximate surface area is 120 Å². The maximum atomic E-state index is 4.31. The van der Waals surface area contributed by atoms with Crippen LogP contribution in [0.4, 0.5) is 5.82 Å². The van der Waals surface area contributed by atoms with Crippen molar-refractivity contribution in [3.05, 3.63) is 54.0 Å². The molecule has 2 heterocycles. The number of nitrogens with zero attached hydrogens (tertiary/aromatic N) is 4. The first-order valence-electron chi connectivity index (χ1n) is 6.98. The van der Waals surface area contributed by atoms with Gasteiger partial charge >= 0.3 is 0 Å². The van der Waals surface area contributed by atoms with E-state index in [1.807, 2.05) is 6.07 Å². The van der Waals surface area contributed by atoms with Crippen LogP contribution in [0.5, 0.6) is 0 Å². The lowest BCUT2D eigenvalue weighted by Crippen LogP contribution is -2.44. The Morgan fingerprint density at radius 3 is 2.80 bits per heavy atom. The van der Waals surface area contributed by atoms with Crippen molar-refractivity contribution in [3.63, 3.8) is 0 Å². The maximum absolute atomic E-state index is 4.31. The van der Waals surface area contributed by atoms with Crippen LogP contribution in [0.1, 0.15) is 11.1 Å². The van der Waals surface area contributed by atoms with Crippen LogP contribution >= 0.6 is 0 Å². The van der Waals surface area contributed by atoms with E-state index >= 15 is 0 Å². The minimum atomic E-state index is 0.518. The van der Waals surface area contributed by atoms with Gasteiger partial charge in [-0.05, 0) is 30.7 Å². The van der Waals surface area contributed by atoms with Crippen molar-refractivity contribution in [1.29, 1.82) is 0 Å². The molecule has 1 aromatic heterocycles. The first kappa shape index (κ1) is 13.1. The van der Waals surface area contributed by atoms with E-state index in [9.17, 15) is 0 Å². The summed E-state index contributed by atoms with van der Waals surface area (Å²) in [6.45, 7) is 2.00. The second-order valence-corrected chi connectivity index (χ2v) is 5.49. The van der Waals surface area contributed by atoms with Gasteiger partial charge in [-0.1, -0.05) is 24.3 Å². The molecule has 0 aliphatic carbocycles. The molecule has 0 N–H and O–H groups in total. The van der Waals surface area contributed by atoms with Crippen molar-refractivity contribution in [2.75, 3.05) is 25.5 Å². The average molecular weight is 268 g/mol. The van der Waals surface area contributed by atoms with Crippen molar-refractivity contribution in [2.24, 2.45) is 0 Å². The fourth-order valence-corrected chi connectivity index (χ4v) is 2.84. The highest BCUT2D eigenvalue weighted by molar-refractivity contribution is 5.36. The SMILES string of the molecule is CN(C[C@@H]1Cc2ccccc2CN1C)c1ccncn1. The number of aromatic nitrogens is 2. The Balaban J connectivity index is 1.72. The molecule has 3 rings (SSSR count). The fraction of sp³-hybridized carbons (Fsp3) is 0.375. The van der Waals surface area contributed by atoms with E-state index in [-0.39, 0.29) is 0 Å². The maximum Gasteiger partial charge on any atom is 0.131 e. The molecule has 0 saturated carbocycles. The van der Waals surface area contributed by atoms with E-state index in [1.165, 1.54) is 11.1 Å². The van der Waals surface area contributed by atoms with Crippen LogP contribution in [-0.4, -0.2) is 41.5 Å². The summed E-state index contributed by atoms with van der Waals surface area (Å²) in [5.74, 6) is 0.979. The monoisotopic (exact) mass is 268 g/mol. The highest BCUT2D eigenvalue weighted by Crippen LogP contribution is 2.23. The lowest BCUT2D eigenvalue weighted by atomic mass is 9.94. The molecular weight excluding hydrogens is 248 g/mol. The Bertz CT molecular complexity index is 570. The molecule has 0 saturated heterocycles. The third-order valence-electron chi connectivity index (χ3n) is 4.06. The Hall–Kier alpha value is -1.94. The van der Waals surface area contributed by atoms with Gasteiger partial charge in [0.2, 0.25) is 0 Å². The molecule has 0 bridgehead atoms. The van der Waals surface area contributed by atoms with E-state index in [0.717, 1.165) is 25.3 Å². The van der Waals surface area contributed by atoms with Gasteiger partial charge in [-0.3, -0.25) is 4.90 Å². The van der Waals surface area contributed by atoms with Crippen molar-refractivity contribution in [3.8, 4) is 0 Å². The molecule has 1 atom stereocenters.